The Morgan fingerprint density at radius 3 is 2.60 bits per heavy atom. The van der Waals surface area contributed by atoms with Crippen LogP contribution in [0.4, 0.5) is 0 Å². The molecule has 80 valence electrons. The van der Waals surface area contributed by atoms with Crippen LogP contribution < -0.4 is 10.2 Å². The molecule has 0 bridgehead atoms. The van der Waals surface area contributed by atoms with E-state index in [0.717, 1.165) is 12.8 Å². The topological polar surface area (TPSA) is 62.6 Å². The van der Waals surface area contributed by atoms with Gasteiger partial charge >= 0.3 is 7.12 Å². The summed E-state index contributed by atoms with van der Waals surface area (Å²) in [5, 5.41) is 18.0. The largest absolute Gasteiger partial charge is 0.490 e. The Morgan fingerprint density at radius 2 is 2.13 bits per heavy atom. The van der Waals surface area contributed by atoms with E-state index in [2.05, 4.69) is 4.98 Å². The van der Waals surface area contributed by atoms with Crippen LogP contribution in [0.1, 0.15) is 25.0 Å². The van der Waals surface area contributed by atoms with Crippen LogP contribution in [0.25, 0.3) is 0 Å². The first-order valence-electron chi connectivity index (χ1n) is 5.17. The van der Waals surface area contributed by atoms with Crippen molar-refractivity contribution < 1.29 is 14.8 Å². The normalized spacial score (nSPS) is 15.9. The van der Waals surface area contributed by atoms with Gasteiger partial charge in [-0.3, -0.25) is 0 Å². The lowest BCUT2D eigenvalue weighted by Crippen LogP contribution is -2.33. The summed E-state index contributed by atoms with van der Waals surface area (Å²) in [5.74, 6) is 0.571. The smallest absolute Gasteiger partial charge is 0.474 e. The number of rotatable bonds is 3. The fraction of sp³-hybridized carbons (Fsp3) is 0.500. The van der Waals surface area contributed by atoms with E-state index in [-0.39, 0.29) is 0 Å². The van der Waals surface area contributed by atoms with E-state index in [1.807, 2.05) is 0 Å². The van der Waals surface area contributed by atoms with Crippen molar-refractivity contribution in [2.24, 2.45) is 0 Å². The molecule has 1 aliphatic rings. The molecule has 5 heteroatoms. The van der Waals surface area contributed by atoms with E-state index in [4.69, 9.17) is 14.8 Å². The average molecular weight is 207 g/mol. The number of ether oxygens (including phenoxy) is 1. The molecule has 2 rings (SSSR count). The Labute approximate surface area is 89.1 Å². The van der Waals surface area contributed by atoms with E-state index in [1.165, 1.54) is 6.42 Å². The molecule has 0 unspecified atom stereocenters. The molecule has 1 aromatic heterocycles. The lowest BCUT2D eigenvalue weighted by molar-refractivity contribution is 0.114. The summed E-state index contributed by atoms with van der Waals surface area (Å²) in [5.41, 5.74) is 1.03. The summed E-state index contributed by atoms with van der Waals surface area (Å²) >= 11 is 0. The second-order valence-electron chi connectivity index (χ2n) is 3.87. The molecule has 1 saturated carbocycles. The minimum absolute atomic E-state index is 0.293. The third-order valence-corrected chi connectivity index (χ3v) is 2.72. The van der Waals surface area contributed by atoms with Crippen molar-refractivity contribution in [3.8, 4) is 5.88 Å². The summed E-state index contributed by atoms with van der Waals surface area (Å²) < 4.78 is 5.59. The van der Waals surface area contributed by atoms with Crippen molar-refractivity contribution in [1.29, 1.82) is 0 Å². The molecule has 1 aromatic rings. The van der Waals surface area contributed by atoms with Crippen molar-refractivity contribution in [2.75, 3.05) is 0 Å². The fourth-order valence-corrected chi connectivity index (χ4v) is 1.55. The first-order valence-corrected chi connectivity index (χ1v) is 5.17. The molecule has 1 heterocycles. The fourth-order valence-electron chi connectivity index (χ4n) is 1.55. The van der Waals surface area contributed by atoms with Gasteiger partial charge in [0.25, 0.3) is 0 Å². The van der Waals surface area contributed by atoms with Gasteiger partial charge in [-0.2, -0.15) is 0 Å². The third kappa shape index (κ3) is 2.30. The van der Waals surface area contributed by atoms with Gasteiger partial charge in [0.1, 0.15) is 6.10 Å². The lowest BCUT2D eigenvalue weighted by Gasteiger charge is -2.25. The van der Waals surface area contributed by atoms with Gasteiger partial charge in [0.15, 0.2) is 0 Å². The van der Waals surface area contributed by atoms with Crippen molar-refractivity contribution in [3.63, 3.8) is 0 Å². The zero-order valence-electron chi connectivity index (χ0n) is 8.68. The highest BCUT2D eigenvalue weighted by atomic mass is 16.5. The highest BCUT2D eigenvalue weighted by Crippen LogP contribution is 2.23. The number of hydrogen-bond acceptors (Lipinski definition) is 4. The Hall–Kier alpha value is -1.07. The SMILES string of the molecule is Cc1nc(OC2CCC2)ccc1B(O)O. The van der Waals surface area contributed by atoms with Crippen LogP contribution in [0, 0.1) is 6.92 Å². The van der Waals surface area contributed by atoms with Crippen molar-refractivity contribution in [3.05, 3.63) is 17.8 Å². The van der Waals surface area contributed by atoms with Gasteiger partial charge in [-0.05, 0) is 32.3 Å². The van der Waals surface area contributed by atoms with Crippen LogP contribution >= 0.6 is 0 Å². The minimum Gasteiger partial charge on any atom is -0.474 e. The summed E-state index contributed by atoms with van der Waals surface area (Å²) in [7, 11) is -1.46. The summed E-state index contributed by atoms with van der Waals surface area (Å²) in [4.78, 5) is 4.17. The molecular formula is C10H14BNO3. The molecule has 0 radical (unpaired) electrons. The molecule has 0 atom stereocenters. The van der Waals surface area contributed by atoms with Crippen LogP contribution in [0.15, 0.2) is 12.1 Å². The maximum atomic E-state index is 9.01. The van der Waals surface area contributed by atoms with Gasteiger partial charge in [0.05, 0.1) is 0 Å². The number of pyridine rings is 1. The number of aryl methyl sites for hydroxylation is 1. The maximum absolute atomic E-state index is 9.01. The second kappa shape index (κ2) is 4.20. The van der Waals surface area contributed by atoms with Gasteiger partial charge in [-0.25, -0.2) is 4.98 Å². The average Bonchev–Trinajstić information content (AvgIpc) is 2.11. The predicted octanol–water partition coefficient (Wildman–Crippen LogP) is 0.00112. The van der Waals surface area contributed by atoms with Gasteiger partial charge in [0, 0.05) is 11.2 Å². The second-order valence-corrected chi connectivity index (χ2v) is 3.87. The molecule has 0 aliphatic heterocycles. The first kappa shape index (κ1) is 10.5. The lowest BCUT2D eigenvalue weighted by atomic mass is 9.79. The molecule has 2 N–H and O–H groups in total. The number of aromatic nitrogens is 1. The highest BCUT2D eigenvalue weighted by molar-refractivity contribution is 6.59. The van der Waals surface area contributed by atoms with Gasteiger partial charge in [-0.15, -0.1) is 0 Å². The van der Waals surface area contributed by atoms with Crippen LogP contribution in [0.2, 0.25) is 0 Å². The zero-order chi connectivity index (χ0) is 10.8. The molecule has 0 saturated heterocycles. The van der Waals surface area contributed by atoms with Gasteiger partial charge < -0.3 is 14.8 Å². The minimum atomic E-state index is -1.46. The van der Waals surface area contributed by atoms with Crippen LogP contribution in [0.5, 0.6) is 5.88 Å². The summed E-state index contributed by atoms with van der Waals surface area (Å²) in [6, 6.07) is 3.32. The van der Waals surface area contributed by atoms with Crippen molar-refractivity contribution in [1.82, 2.24) is 4.98 Å². The third-order valence-electron chi connectivity index (χ3n) is 2.72. The number of nitrogens with zero attached hydrogens (tertiary/aromatic N) is 1. The molecule has 0 aromatic carbocycles. The van der Waals surface area contributed by atoms with Crippen LogP contribution in [0.3, 0.4) is 0 Å². The molecular weight excluding hydrogens is 193 g/mol. The Bertz CT molecular complexity index is 353. The molecule has 1 aliphatic carbocycles. The summed E-state index contributed by atoms with van der Waals surface area (Å²) in [6.07, 6.45) is 3.69. The van der Waals surface area contributed by atoms with Gasteiger partial charge in [0.2, 0.25) is 5.88 Å². The predicted molar refractivity (Wildman–Crippen MR) is 57.1 cm³/mol. The molecule has 15 heavy (non-hydrogen) atoms. The highest BCUT2D eigenvalue weighted by Gasteiger charge is 2.21. The summed E-state index contributed by atoms with van der Waals surface area (Å²) in [6.45, 7) is 1.74. The number of hydrogen-bond donors (Lipinski definition) is 2. The van der Waals surface area contributed by atoms with E-state index in [0.29, 0.717) is 23.1 Å². The Kier molecular flexibility index (Phi) is 2.93. The van der Waals surface area contributed by atoms with Crippen molar-refractivity contribution in [2.45, 2.75) is 32.3 Å². The standard InChI is InChI=1S/C10H14BNO3/c1-7-9(11(13)14)5-6-10(12-7)15-8-3-2-4-8/h5-6,8,13-14H,2-4H2,1H3. The zero-order valence-corrected chi connectivity index (χ0v) is 8.68. The Morgan fingerprint density at radius 1 is 1.40 bits per heavy atom. The first-order chi connectivity index (χ1) is 7.16. The van der Waals surface area contributed by atoms with Gasteiger partial charge in [-0.1, -0.05) is 6.07 Å². The molecule has 0 amide bonds. The Balaban J connectivity index is 2.10. The van der Waals surface area contributed by atoms with Crippen LogP contribution in [-0.2, 0) is 0 Å². The van der Waals surface area contributed by atoms with Crippen LogP contribution in [-0.4, -0.2) is 28.3 Å². The molecule has 0 spiro atoms. The monoisotopic (exact) mass is 207 g/mol. The van der Waals surface area contributed by atoms with E-state index in [9.17, 15) is 0 Å². The van der Waals surface area contributed by atoms with E-state index >= 15 is 0 Å². The molecule has 4 nitrogen and oxygen atoms in total. The van der Waals surface area contributed by atoms with E-state index < -0.39 is 7.12 Å². The quantitative estimate of drug-likeness (QED) is 0.685. The molecule has 1 fully saturated rings. The van der Waals surface area contributed by atoms with E-state index in [1.54, 1.807) is 19.1 Å². The maximum Gasteiger partial charge on any atom is 0.490 e. The van der Waals surface area contributed by atoms with Crippen molar-refractivity contribution >= 4 is 12.6 Å².